The summed E-state index contributed by atoms with van der Waals surface area (Å²) >= 11 is 1.65. The van der Waals surface area contributed by atoms with Gasteiger partial charge in [0.05, 0.1) is 12.6 Å². The van der Waals surface area contributed by atoms with E-state index in [1.54, 1.807) is 31.4 Å². The van der Waals surface area contributed by atoms with E-state index in [0.29, 0.717) is 0 Å². The molecule has 1 unspecified atom stereocenters. The molecular weight excluding hydrogens is 222 g/mol. The van der Waals surface area contributed by atoms with Crippen LogP contribution in [-0.4, -0.2) is 35.6 Å². The van der Waals surface area contributed by atoms with Gasteiger partial charge in [0.2, 0.25) is 5.91 Å². The van der Waals surface area contributed by atoms with Gasteiger partial charge in [-0.15, -0.1) is 11.3 Å². The molecule has 3 nitrogen and oxygen atoms in total. The van der Waals surface area contributed by atoms with Crippen molar-refractivity contribution in [2.24, 2.45) is 0 Å². The van der Waals surface area contributed by atoms with Crippen LogP contribution in [0, 0.1) is 6.92 Å². The second-order valence-corrected chi connectivity index (χ2v) is 5.08. The fourth-order valence-electron chi connectivity index (χ4n) is 1.15. The molecule has 0 aliphatic heterocycles. The molecule has 0 aromatic carbocycles. The minimum absolute atomic E-state index is 0.0197. The minimum atomic E-state index is -0.151. The molecule has 0 aliphatic carbocycles. The van der Waals surface area contributed by atoms with Gasteiger partial charge in [0, 0.05) is 22.9 Å². The lowest BCUT2D eigenvalue weighted by Crippen LogP contribution is -2.36. The first-order valence-corrected chi connectivity index (χ1v) is 5.98. The molecule has 0 saturated heterocycles. The molecule has 1 rings (SSSR count). The number of aryl methyl sites for hydroxylation is 1. The summed E-state index contributed by atoms with van der Waals surface area (Å²) in [6, 6.07) is 3.86. The van der Waals surface area contributed by atoms with Crippen LogP contribution < -0.4 is 0 Å². The number of nitrogens with zero attached hydrogens (tertiary/aromatic N) is 1. The zero-order chi connectivity index (χ0) is 12.1. The Hall–Kier alpha value is -1.13. The van der Waals surface area contributed by atoms with E-state index in [-0.39, 0.29) is 18.6 Å². The van der Waals surface area contributed by atoms with E-state index in [0.717, 1.165) is 4.88 Å². The van der Waals surface area contributed by atoms with Crippen LogP contribution in [0.15, 0.2) is 18.2 Å². The Balaban J connectivity index is 2.60. The van der Waals surface area contributed by atoms with Gasteiger partial charge in [0.15, 0.2) is 0 Å². The maximum atomic E-state index is 11.7. The first-order valence-electron chi connectivity index (χ1n) is 5.16. The van der Waals surface area contributed by atoms with E-state index in [4.69, 9.17) is 5.11 Å². The lowest BCUT2D eigenvalue weighted by molar-refractivity contribution is -0.127. The van der Waals surface area contributed by atoms with Crippen LogP contribution in [0.2, 0.25) is 0 Å². The van der Waals surface area contributed by atoms with Gasteiger partial charge < -0.3 is 10.0 Å². The van der Waals surface area contributed by atoms with Crippen LogP contribution in [0.3, 0.4) is 0 Å². The molecule has 0 radical (unpaired) electrons. The second kappa shape index (κ2) is 5.82. The smallest absolute Gasteiger partial charge is 0.246 e. The van der Waals surface area contributed by atoms with Crippen molar-refractivity contribution in [3.8, 4) is 0 Å². The van der Waals surface area contributed by atoms with Crippen LogP contribution in [-0.2, 0) is 4.79 Å². The highest BCUT2D eigenvalue weighted by molar-refractivity contribution is 7.12. The van der Waals surface area contributed by atoms with Gasteiger partial charge in [-0.3, -0.25) is 4.79 Å². The normalized spacial score (nSPS) is 13.0. The number of carbonyl (C=O) groups excluding carboxylic acids is 1. The Bertz CT molecular complexity index is 384. The lowest BCUT2D eigenvalue weighted by Gasteiger charge is -2.21. The third-order valence-electron chi connectivity index (χ3n) is 2.42. The van der Waals surface area contributed by atoms with Crippen molar-refractivity contribution in [2.75, 3.05) is 13.7 Å². The predicted octanol–water partition coefficient (Wildman–Crippen LogP) is 1.91. The first kappa shape index (κ1) is 12.9. The number of likely N-dealkylation sites (N-methyl/N-ethyl adjacent to an activating group) is 1. The highest BCUT2D eigenvalue weighted by Crippen LogP contribution is 2.16. The number of hydrogen-bond donors (Lipinski definition) is 1. The summed E-state index contributed by atoms with van der Waals surface area (Å²) in [5.74, 6) is -0.0902. The molecule has 4 heteroatoms. The fraction of sp³-hybridized carbons (Fsp3) is 0.417. The summed E-state index contributed by atoms with van der Waals surface area (Å²) in [4.78, 5) is 15.5. The molecule has 1 amide bonds. The summed E-state index contributed by atoms with van der Waals surface area (Å²) in [6.07, 6.45) is 3.35. The Labute approximate surface area is 100 Å². The topological polar surface area (TPSA) is 40.5 Å². The van der Waals surface area contributed by atoms with Gasteiger partial charge in [0.1, 0.15) is 0 Å². The standard InChI is InChI=1S/C12H17NO2S/c1-9(8-14)13(3)12(15)7-6-11-5-4-10(2)16-11/h4-7,9,14H,8H2,1-3H3/b7-6+. The fourth-order valence-corrected chi connectivity index (χ4v) is 1.93. The SMILES string of the molecule is Cc1ccc(/C=C/C(=O)N(C)C(C)CO)s1. The molecule has 1 aromatic rings. The molecular formula is C12H17NO2S. The maximum Gasteiger partial charge on any atom is 0.246 e. The Kier molecular flexibility index (Phi) is 4.71. The highest BCUT2D eigenvalue weighted by Gasteiger charge is 2.11. The predicted molar refractivity (Wildman–Crippen MR) is 67.4 cm³/mol. The lowest BCUT2D eigenvalue weighted by atomic mass is 10.3. The molecule has 0 fully saturated rings. The molecule has 88 valence electrons. The zero-order valence-corrected chi connectivity index (χ0v) is 10.6. The van der Waals surface area contributed by atoms with Crippen LogP contribution in [0.1, 0.15) is 16.7 Å². The molecule has 1 N–H and O–H groups in total. The molecule has 0 bridgehead atoms. The summed E-state index contributed by atoms with van der Waals surface area (Å²) in [5.41, 5.74) is 0. The van der Waals surface area contributed by atoms with Crippen LogP contribution in [0.25, 0.3) is 6.08 Å². The average molecular weight is 239 g/mol. The summed E-state index contributed by atoms with van der Waals surface area (Å²) in [5, 5.41) is 8.93. The van der Waals surface area contributed by atoms with Crippen LogP contribution in [0.4, 0.5) is 0 Å². The Morgan fingerprint density at radius 3 is 2.81 bits per heavy atom. The molecule has 0 spiro atoms. The van der Waals surface area contributed by atoms with Crippen LogP contribution >= 0.6 is 11.3 Å². The third-order valence-corrected chi connectivity index (χ3v) is 3.39. The Morgan fingerprint density at radius 1 is 1.62 bits per heavy atom. The quantitative estimate of drug-likeness (QED) is 0.815. The van der Waals surface area contributed by atoms with Gasteiger partial charge >= 0.3 is 0 Å². The molecule has 0 saturated carbocycles. The van der Waals surface area contributed by atoms with Crippen molar-refractivity contribution in [2.45, 2.75) is 19.9 Å². The summed E-state index contributed by atoms with van der Waals surface area (Å²) < 4.78 is 0. The highest BCUT2D eigenvalue weighted by atomic mass is 32.1. The third kappa shape index (κ3) is 3.47. The van der Waals surface area contributed by atoms with Gasteiger partial charge in [-0.25, -0.2) is 0 Å². The van der Waals surface area contributed by atoms with E-state index in [1.807, 2.05) is 19.1 Å². The number of amides is 1. The van der Waals surface area contributed by atoms with Crippen LogP contribution in [0.5, 0.6) is 0 Å². The molecule has 1 atom stereocenters. The zero-order valence-electron chi connectivity index (χ0n) is 9.80. The molecule has 1 heterocycles. The molecule has 16 heavy (non-hydrogen) atoms. The van der Waals surface area contributed by atoms with E-state index < -0.39 is 0 Å². The summed E-state index contributed by atoms with van der Waals surface area (Å²) in [6.45, 7) is 3.82. The van der Waals surface area contributed by atoms with Gasteiger partial charge in [-0.2, -0.15) is 0 Å². The first-order chi connectivity index (χ1) is 7.54. The van der Waals surface area contributed by atoms with Crippen molar-refractivity contribution in [3.05, 3.63) is 28.0 Å². The van der Waals surface area contributed by atoms with Gasteiger partial charge in [0.25, 0.3) is 0 Å². The van der Waals surface area contributed by atoms with Crippen molar-refractivity contribution in [1.29, 1.82) is 0 Å². The average Bonchev–Trinajstić information content (AvgIpc) is 2.69. The largest absolute Gasteiger partial charge is 0.394 e. The van der Waals surface area contributed by atoms with E-state index in [2.05, 4.69) is 0 Å². The molecule has 1 aromatic heterocycles. The molecule has 0 aliphatic rings. The number of rotatable bonds is 4. The van der Waals surface area contributed by atoms with Crippen molar-refractivity contribution in [1.82, 2.24) is 4.90 Å². The van der Waals surface area contributed by atoms with Crippen molar-refractivity contribution >= 4 is 23.3 Å². The van der Waals surface area contributed by atoms with E-state index in [9.17, 15) is 4.79 Å². The number of carbonyl (C=O) groups is 1. The minimum Gasteiger partial charge on any atom is -0.394 e. The van der Waals surface area contributed by atoms with E-state index in [1.165, 1.54) is 15.9 Å². The Morgan fingerprint density at radius 2 is 2.31 bits per heavy atom. The number of hydrogen-bond acceptors (Lipinski definition) is 3. The number of thiophene rings is 1. The van der Waals surface area contributed by atoms with E-state index >= 15 is 0 Å². The summed E-state index contributed by atoms with van der Waals surface area (Å²) in [7, 11) is 1.69. The monoisotopic (exact) mass is 239 g/mol. The van der Waals surface area contributed by atoms with Crippen molar-refractivity contribution in [3.63, 3.8) is 0 Å². The number of aliphatic hydroxyl groups excluding tert-OH is 1. The van der Waals surface area contributed by atoms with Gasteiger partial charge in [-0.1, -0.05) is 0 Å². The number of aliphatic hydroxyl groups is 1. The second-order valence-electron chi connectivity index (χ2n) is 3.76. The van der Waals surface area contributed by atoms with Crippen molar-refractivity contribution < 1.29 is 9.90 Å². The maximum absolute atomic E-state index is 11.7. The van der Waals surface area contributed by atoms with Gasteiger partial charge in [-0.05, 0) is 32.1 Å².